The second kappa shape index (κ2) is 5.35. The Morgan fingerprint density at radius 3 is 2.55 bits per heavy atom. The summed E-state index contributed by atoms with van der Waals surface area (Å²) in [4.78, 5) is 2.34. The lowest BCUT2D eigenvalue weighted by molar-refractivity contribution is 0.0827. The van der Waals surface area contributed by atoms with E-state index >= 15 is 0 Å². The molecule has 0 radical (unpaired) electrons. The van der Waals surface area contributed by atoms with Gasteiger partial charge in [-0.15, -0.1) is 0 Å². The highest BCUT2D eigenvalue weighted by Crippen LogP contribution is 2.28. The Labute approximate surface area is 120 Å². The number of nitrogen functional groups attached to an aromatic ring is 1. The van der Waals surface area contributed by atoms with E-state index < -0.39 is 10.0 Å². The molecule has 1 unspecified atom stereocenters. The van der Waals surface area contributed by atoms with Crippen LogP contribution in [0.2, 0.25) is 0 Å². The van der Waals surface area contributed by atoms with Gasteiger partial charge in [-0.25, -0.2) is 13.1 Å². The van der Waals surface area contributed by atoms with Crippen molar-refractivity contribution < 1.29 is 8.42 Å². The van der Waals surface area contributed by atoms with E-state index in [0.29, 0.717) is 17.2 Å². The molecule has 0 aliphatic carbocycles. The maximum Gasteiger partial charge on any atom is 0.216 e. The summed E-state index contributed by atoms with van der Waals surface area (Å²) in [6.45, 7) is 3.05. The van der Waals surface area contributed by atoms with Gasteiger partial charge in [-0.1, -0.05) is 18.2 Å². The second-order valence-corrected chi connectivity index (χ2v) is 7.57. The van der Waals surface area contributed by atoms with E-state index in [2.05, 4.69) is 9.62 Å². The number of sulfonamides is 1. The van der Waals surface area contributed by atoms with Gasteiger partial charge in [0.1, 0.15) is 0 Å². The van der Waals surface area contributed by atoms with Crippen molar-refractivity contribution in [3.63, 3.8) is 0 Å². The fourth-order valence-electron chi connectivity index (χ4n) is 3.24. The van der Waals surface area contributed by atoms with Gasteiger partial charge in [0.25, 0.3) is 0 Å². The molecule has 3 fully saturated rings. The van der Waals surface area contributed by atoms with Crippen LogP contribution in [0.5, 0.6) is 0 Å². The molecule has 0 saturated carbocycles. The van der Waals surface area contributed by atoms with Crippen LogP contribution in [0.1, 0.15) is 18.4 Å². The lowest BCUT2D eigenvalue weighted by atomic mass is 9.85. The van der Waals surface area contributed by atoms with E-state index in [4.69, 9.17) is 5.73 Å². The first-order valence-electron chi connectivity index (χ1n) is 7.09. The molecule has 0 spiro atoms. The van der Waals surface area contributed by atoms with Crippen LogP contribution in [0.4, 0.5) is 5.69 Å². The van der Waals surface area contributed by atoms with Crippen molar-refractivity contribution in [2.75, 3.05) is 25.4 Å². The lowest BCUT2D eigenvalue weighted by Crippen LogP contribution is -2.57. The van der Waals surface area contributed by atoms with E-state index in [1.165, 1.54) is 0 Å². The van der Waals surface area contributed by atoms with E-state index in [0.717, 1.165) is 32.5 Å². The number of nitrogens with zero attached hydrogens (tertiary/aromatic N) is 1. The van der Waals surface area contributed by atoms with Gasteiger partial charge >= 0.3 is 0 Å². The van der Waals surface area contributed by atoms with Crippen molar-refractivity contribution in [1.29, 1.82) is 0 Å². The molecule has 3 aliphatic rings. The molecule has 2 bridgehead atoms. The minimum Gasteiger partial charge on any atom is -0.398 e. The van der Waals surface area contributed by atoms with E-state index in [-0.39, 0.29) is 11.8 Å². The SMILES string of the molecule is Nc1ccccc1CS(=O)(=O)NC1CN2CCC1CC2. The number of anilines is 1. The summed E-state index contributed by atoms with van der Waals surface area (Å²) < 4.78 is 27.5. The fraction of sp³-hybridized carbons (Fsp3) is 0.571. The quantitative estimate of drug-likeness (QED) is 0.805. The van der Waals surface area contributed by atoms with Crippen LogP contribution >= 0.6 is 0 Å². The summed E-state index contributed by atoms with van der Waals surface area (Å²) >= 11 is 0. The van der Waals surface area contributed by atoms with Crippen molar-refractivity contribution in [3.05, 3.63) is 29.8 Å². The van der Waals surface area contributed by atoms with Crippen molar-refractivity contribution in [2.24, 2.45) is 5.92 Å². The molecule has 1 atom stereocenters. The van der Waals surface area contributed by atoms with E-state index in [1.54, 1.807) is 12.1 Å². The molecule has 3 heterocycles. The fourth-order valence-corrected chi connectivity index (χ4v) is 4.73. The minimum atomic E-state index is -3.34. The molecular weight excluding hydrogens is 274 g/mol. The number of hydrogen-bond donors (Lipinski definition) is 2. The average molecular weight is 295 g/mol. The van der Waals surface area contributed by atoms with Crippen molar-refractivity contribution in [3.8, 4) is 0 Å². The molecule has 5 nitrogen and oxygen atoms in total. The molecule has 0 aromatic heterocycles. The Bertz CT molecular complexity index is 580. The number of piperidine rings is 3. The largest absolute Gasteiger partial charge is 0.398 e. The first-order chi connectivity index (χ1) is 9.53. The number of nitrogens with two attached hydrogens (primary N) is 1. The van der Waals surface area contributed by atoms with Gasteiger partial charge in [-0.3, -0.25) is 0 Å². The minimum absolute atomic E-state index is 0.0388. The Kier molecular flexibility index (Phi) is 3.70. The Morgan fingerprint density at radius 2 is 1.95 bits per heavy atom. The van der Waals surface area contributed by atoms with Crippen LogP contribution in [0.15, 0.2) is 24.3 Å². The van der Waals surface area contributed by atoms with Gasteiger partial charge in [-0.2, -0.15) is 0 Å². The normalized spacial score (nSPS) is 29.5. The predicted octanol–water partition coefficient (Wildman–Crippen LogP) is 0.782. The molecule has 0 amide bonds. The van der Waals surface area contributed by atoms with Crippen molar-refractivity contribution >= 4 is 15.7 Å². The van der Waals surface area contributed by atoms with Crippen LogP contribution in [0.25, 0.3) is 0 Å². The maximum atomic E-state index is 12.3. The molecule has 4 rings (SSSR count). The molecule has 3 N–H and O–H groups in total. The predicted molar refractivity (Wildman–Crippen MR) is 79.6 cm³/mol. The van der Waals surface area contributed by atoms with Gasteiger partial charge in [0.15, 0.2) is 0 Å². The molecule has 1 aromatic rings. The van der Waals surface area contributed by atoms with Gasteiger partial charge in [0, 0.05) is 18.3 Å². The average Bonchev–Trinajstić information content (AvgIpc) is 2.42. The zero-order chi connectivity index (χ0) is 14.2. The first-order valence-corrected chi connectivity index (χ1v) is 8.74. The summed E-state index contributed by atoms with van der Waals surface area (Å²) in [5.41, 5.74) is 7.02. The summed E-state index contributed by atoms with van der Waals surface area (Å²) in [5.74, 6) is 0.450. The highest BCUT2D eigenvalue weighted by Gasteiger charge is 2.36. The first kappa shape index (κ1) is 13.9. The second-order valence-electron chi connectivity index (χ2n) is 5.82. The van der Waals surface area contributed by atoms with Crippen LogP contribution in [0.3, 0.4) is 0 Å². The topological polar surface area (TPSA) is 75.4 Å². The van der Waals surface area contributed by atoms with Crippen LogP contribution in [-0.2, 0) is 15.8 Å². The number of nitrogens with one attached hydrogen (secondary N) is 1. The molecule has 3 aliphatic heterocycles. The molecule has 110 valence electrons. The molecule has 3 saturated heterocycles. The van der Waals surface area contributed by atoms with Gasteiger partial charge < -0.3 is 10.6 Å². The molecule has 1 aromatic carbocycles. The van der Waals surface area contributed by atoms with Gasteiger partial charge in [0.2, 0.25) is 10.0 Å². The highest BCUT2D eigenvalue weighted by atomic mass is 32.2. The molecule has 20 heavy (non-hydrogen) atoms. The third kappa shape index (κ3) is 2.97. The summed E-state index contributed by atoms with van der Waals surface area (Å²) in [6, 6.07) is 7.19. The summed E-state index contributed by atoms with van der Waals surface area (Å²) in [6.07, 6.45) is 2.20. The maximum absolute atomic E-state index is 12.3. The third-order valence-corrected chi connectivity index (χ3v) is 5.74. The zero-order valence-corrected chi connectivity index (χ0v) is 12.3. The van der Waals surface area contributed by atoms with Crippen LogP contribution in [0, 0.1) is 5.92 Å². The van der Waals surface area contributed by atoms with Crippen molar-refractivity contribution in [2.45, 2.75) is 24.6 Å². The number of rotatable bonds is 4. The number of benzene rings is 1. The Morgan fingerprint density at radius 1 is 1.25 bits per heavy atom. The number of hydrogen-bond acceptors (Lipinski definition) is 4. The highest BCUT2D eigenvalue weighted by molar-refractivity contribution is 7.88. The monoisotopic (exact) mass is 295 g/mol. The smallest absolute Gasteiger partial charge is 0.216 e. The summed E-state index contributed by atoms with van der Waals surface area (Å²) in [5, 5.41) is 0. The Hall–Kier alpha value is -1.11. The van der Waals surface area contributed by atoms with E-state index in [1.807, 2.05) is 12.1 Å². The lowest BCUT2D eigenvalue weighted by Gasteiger charge is -2.44. The van der Waals surface area contributed by atoms with E-state index in [9.17, 15) is 8.42 Å². The molecular formula is C14H21N3O2S. The van der Waals surface area contributed by atoms with Crippen LogP contribution in [-0.4, -0.2) is 39.0 Å². The van der Waals surface area contributed by atoms with Crippen LogP contribution < -0.4 is 10.5 Å². The Balaban J connectivity index is 1.69. The number of para-hydroxylation sites is 1. The zero-order valence-electron chi connectivity index (χ0n) is 11.5. The van der Waals surface area contributed by atoms with Gasteiger partial charge in [-0.05, 0) is 43.5 Å². The number of fused-ring (bicyclic) bond motifs is 3. The van der Waals surface area contributed by atoms with Crippen molar-refractivity contribution in [1.82, 2.24) is 9.62 Å². The van der Waals surface area contributed by atoms with Gasteiger partial charge in [0.05, 0.1) is 5.75 Å². The third-order valence-electron chi connectivity index (χ3n) is 4.39. The standard InChI is InChI=1S/C14H21N3O2S/c15-13-4-2-1-3-12(13)10-20(18,19)16-14-9-17-7-5-11(14)6-8-17/h1-4,11,14,16H,5-10,15H2. The summed E-state index contributed by atoms with van der Waals surface area (Å²) in [7, 11) is -3.34. The molecule has 6 heteroatoms.